The average molecular weight is 269 g/mol. The fourth-order valence-corrected chi connectivity index (χ4v) is 1.64. The number of hydrogen-bond acceptors (Lipinski definition) is 6. The smallest absolute Gasteiger partial charge is 0.343 e. The van der Waals surface area contributed by atoms with Crippen LogP contribution in [0, 0.1) is 0 Å². The van der Waals surface area contributed by atoms with E-state index in [2.05, 4.69) is 0 Å². The number of methoxy groups -OCH3 is 3. The molecular weight excluding hydrogens is 250 g/mol. The van der Waals surface area contributed by atoms with Crippen molar-refractivity contribution in [3.63, 3.8) is 0 Å². The molecule has 0 bridgehead atoms. The number of carbonyl (C=O) groups is 1. The Morgan fingerprint density at radius 2 is 1.79 bits per heavy atom. The minimum atomic E-state index is -0.589. The molecule has 0 amide bonds. The highest BCUT2D eigenvalue weighted by molar-refractivity contribution is 6.00. The molecule has 106 valence electrons. The number of hydrogen-bond donors (Lipinski definition) is 1. The Morgan fingerprint density at radius 1 is 1.16 bits per heavy atom. The highest BCUT2D eigenvalue weighted by Gasteiger charge is 2.26. The first kappa shape index (κ1) is 14.9. The van der Waals surface area contributed by atoms with Crippen molar-refractivity contribution in [2.24, 2.45) is 0 Å². The topological polar surface area (TPSA) is 80.0 Å². The summed E-state index contributed by atoms with van der Waals surface area (Å²) >= 11 is 0. The van der Waals surface area contributed by atoms with Gasteiger partial charge in [-0.3, -0.25) is 0 Å². The van der Waals surface area contributed by atoms with Crippen LogP contribution in [0.5, 0.6) is 17.2 Å². The molecule has 0 heterocycles. The Labute approximate surface area is 112 Å². The molecule has 0 saturated heterocycles. The van der Waals surface area contributed by atoms with Crippen molar-refractivity contribution in [3.8, 4) is 17.2 Å². The monoisotopic (exact) mass is 269 g/mol. The standard InChI is InChI=1S/C13H19NO5/c1-7(2)19-12-10(13(15)18-5)8(14)6-9(16-3)11(12)17-4/h6-7H,14H2,1-5H3. The minimum absolute atomic E-state index is 0.133. The van der Waals surface area contributed by atoms with Crippen LogP contribution in [0.4, 0.5) is 5.69 Å². The van der Waals surface area contributed by atoms with E-state index in [1.54, 1.807) is 0 Å². The van der Waals surface area contributed by atoms with Crippen molar-refractivity contribution in [1.29, 1.82) is 0 Å². The summed E-state index contributed by atoms with van der Waals surface area (Å²) < 4.78 is 20.8. The molecular formula is C13H19NO5. The quantitative estimate of drug-likeness (QED) is 0.649. The summed E-state index contributed by atoms with van der Waals surface area (Å²) in [5.41, 5.74) is 6.20. The molecule has 0 aromatic heterocycles. The number of anilines is 1. The van der Waals surface area contributed by atoms with Gasteiger partial charge in [0.25, 0.3) is 0 Å². The molecule has 1 aromatic rings. The zero-order valence-electron chi connectivity index (χ0n) is 11.8. The van der Waals surface area contributed by atoms with Gasteiger partial charge in [0.1, 0.15) is 5.56 Å². The molecule has 1 aromatic carbocycles. The van der Waals surface area contributed by atoms with Gasteiger partial charge in [-0.05, 0) is 13.8 Å². The Hall–Kier alpha value is -2.11. The molecule has 6 nitrogen and oxygen atoms in total. The second-order valence-corrected chi connectivity index (χ2v) is 4.06. The van der Waals surface area contributed by atoms with Crippen molar-refractivity contribution in [3.05, 3.63) is 11.6 Å². The summed E-state index contributed by atoms with van der Waals surface area (Å²) in [6.45, 7) is 3.66. The van der Waals surface area contributed by atoms with Crippen LogP contribution >= 0.6 is 0 Å². The molecule has 0 radical (unpaired) electrons. The third kappa shape index (κ3) is 3.01. The lowest BCUT2D eigenvalue weighted by molar-refractivity contribution is 0.0594. The van der Waals surface area contributed by atoms with Gasteiger partial charge in [-0.1, -0.05) is 0 Å². The molecule has 19 heavy (non-hydrogen) atoms. The Balaban J connectivity index is 3.55. The predicted octanol–water partition coefficient (Wildman–Crippen LogP) is 1.86. The van der Waals surface area contributed by atoms with E-state index in [4.69, 9.17) is 24.7 Å². The number of nitrogen functional groups attached to an aromatic ring is 1. The van der Waals surface area contributed by atoms with Crippen LogP contribution < -0.4 is 19.9 Å². The highest BCUT2D eigenvalue weighted by atomic mass is 16.5. The second kappa shape index (κ2) is 6.17. The summed E-state index contributed by atoms with van der Waals surface area (Å²) in [4.78, 5) is 11.8. The Morgan fingerprint density at radius 3 is 2.21 bits per heavy atom. The number of benzene rings is 1. The summed E-state index contributed by atoms with van der Waals surface area (Å²) in [5.74, 6) is 0.337. The van der Waals surface area contributed by atoms with E-state index in [9.17, 15) is 4.79 Å². The van der Waals surface area contributed by atoms with Crippen molar-refractivity contribution in [2.75, 3.05) is 27.1 Å². The van der Waals surface area contributed by atoms with Gasteiger partial charge in [0.05, 0.1) is 33.1 Å². The van der Waals surface area contributed by atoms with Gasteiger partial charge in [0.2, 0.25) is 5.75 Å². The maximum Gasteiger partial charge on any atom is 0.343 e. The van der Waals surface area contributed by atoms with Crippen LogP contribution in [-0.2, 0) is 4.74 Å². The molecule has 0 aliphatic carbocycles. The lowest BCUT2D eigenvalue weighted by atomic mass is 10.1. The number of nitrogens with two attached hydrogens (primary N) is 1. The predicted molar refractivity (Wildman–Crippen MR) is 71.1 cm³/mol. The SMILES string of the molecule is COC(=O)c1c(N)cc(OC)c(OC)c1OC(C)C. The zero-order valence-corrected chi connectivity index (χ0v) is 11.8. The molecule has 0 spiro atoms. The molecule has 6 heteroatoms. The first-order valence-corrected chi connectivity index (χ1v) is 5.75. The molecule has 0 fully saturated rings. The summed E-state index contributed by atoms with van der Waals surface area (Å²) in [5, 5.41) is 0. The van der Waals surface area contributed by atoms with Crippen LogP contribution in [0.1, 0.15) is 24.2 Å². The van der Waals surface area contributed by atoms with Gasteiger partial charge in [0.15, 0.2) is 11.5 Å². The lowest BCUT2D eigenvalue weighted by Gasteiger charge is -2.19. The van der Waals surface area contributed by atoms with Crippen molar-refractivity contribution < 1.29 is 23.7 Å². The largest absolute Gasteiger partial charge is 0.493 e. The normalized spacial score (nSPS) is 10.2. The highest BCUT2D eigenvalue weighted by Crippen LogP contribution is 2.44. The fraction of sp³-hybridized carbons (Fsp3) is 0.462. The third-order valence-corrected chi connectivity index (χ3v) is 2.40. The molecule has 0 unspecified atom stereocenters. The minimum Gasteiger partial charge on any atom is -0.493 e. The molecule has 0 saturated carbocycles. The van der Waals surface area contributed by atoms with Gasteiger partial charge in [-0.2, -0.15) is 0 Å². The van der Waals surface area contributed by atoms with E-state index in [0.29, 0.717) is 11.5 Å². The number of carbonyl (C=O) groups excluding carboxylic acids is 1. The maximum atomic E-state index is 11.8. The molecule has 0 atom stereocenters. The van der Waals surface area contributed by atoms with E-state index < -0.39 is 5.97 Å². The maximum absolute atomic E-state index is 11.8. The molecule has 0 aliphatic rings. The van der Waals surface area contributed by atoms with Crippen LogP contribution in [-0.4, -0.2) is 33.4 Å². The number of rotatable bonds is 5. The van der Waals surface area contributed by atoms with Gasteiger partial charge < -0.3 is 24.7 Å². The van der Waals surface area contributed by atoms with Gasteiger partial charge in [-0.25, -0.2) is 4.79 Å². The second-order valence-electron chi connectivity index (χ2n) is 4.06. The first-order valence-electron chi connectivity index (χ1n) is 5.75. The average Bonchev–Trinajstić information content (AvgIpc) is 2.36. The van der Waals surface area contributed by atoms with E-state index >= 15 is 0 Å². The zero-order chi connectivity index (χ0) is 14.6. The van der Waals surface area contributed by atoms with E-state index in [1.165, 1.54) is 27.4 Å². The van der Waals surface area contributed by atoms with Crippen LogP contribution in [0.2, 0.25) is 0 Å². The first-order chi connectivity index (χ1) is 8.96. The Bertz CT molecular complexity index is 471. The van der Waals surface area contributed by atoms with Crippen molar-refractivity contribution in [1.82, 2.24) is 0 Å². The van der Waals surface area contributed by atoms with Crippen LogP contribution in [0.15, 0.2) is 6.07 Å². The van der Waals surface area contributed by atoms with E-state index in [0.717, 1.165) is 0 Å². The van der Waals surface area contributed by atoms with Gasteiger partial charge in [0, 0.05) is 6.07 Å². The summed E-state index contributed by atoms with van der Waals surface area (Å²) in [6.07, 6.45) is -0.163. The molecule has 1 rings (SSSR count). The molecule has 0 aliphatic heterocycles. The van der Waals surface area contributed by atoms with Crippen molar-refractivity contribution >= 4 is 11.7 Å². The van der Waals surface area contributed by atoms with Crippen LogP contribution in [0.3, 0.4) is 0 Å². The Kier molecular flexibility index (Phi) is 4.86. The van der Waals surface area contributed by atoms with Gasteiger partial charge in [-0.15, -0.1) is 0 Å². The van der Waals surface area contributed by atoms with Crippen LogP contribution in [0.25, 0.3) is 0 Å². The number of ether oxygens (including phenoxy) is 4. The summed E-state index contributed by atoms with van der Waals surface area (Å²) in [7, 11) is 4.22. The van der Waals surface area contributed by atoms with E-state index in [-0.39, 0.29) is 23.1 Å². The lowest BCUT2D eigenvalue weighted by Crippen LogP contribution is -2.14. The molecule has 2 N–H and O–H groups in total. The van der Waals surface area contributed by atoms with Crippen molar-refractivity contribution in [2.45, 2.75) is 20.0 Å². The summed E-state index contributed by atoms with van der Waals surface area (Å²) in [6, 6.07) is 1.50. The fourth-order valence-electron chi connectivity index (χ4n) is 1.64. The van der Waals surface area contributed by atoms with Gasteiger partial charge >= 0.3 is 5.97 Å². The third-order valence-electron chi connectivity index (χ3n) is 2.40. The van der Waals surface area contributed by atoms with E-state index in [1.807, 2.05) is 13.8 Å². The number of esters is 1.